The fraction of sp³-hybridized carbons (Fsp3) is 0.300. The maximum atomic E-state index is 2.46. The van der Waals surface area contributed by atoms with Crippen LogP contribution in [0.5, 0.6) is 0 Å². The second-order valence-electron chi connectivity index (χ2n) is 5.72. The van der Waals surface area contributed by atoms with E-state index in [1.807, 2.05) is 0 Å². The first-order valence-corrected chi connectivity index (χ1v) is 7.94. The van der Waals surface area contributed by atoms with E-state index in [4.69, 9.17) is 0 Å². The van der Waals surface area contributed by atoms with Crippen molar-refractivity contribution in [2.45, 2.75) is 40.0 Å². The molecule has 1 heterocycles. The summed E-state index contributed by atoms with van der Waals surface area (Å²) in [7, 11) is 0. The maximum absolute atomic E-state index is 2.46. The fourth-order valence-corrected chi connectivity index (χ4v) is 3.24. The molecule has 1 nitrogen and oxygen atoms in total. The van der Waals surface area contributed by atoms with Gasteiger partial charge in [-0.1, -0.05) is 56.2 Å². The molecule has 0 N–H and O–H groups in total. The lowest BCUT2D eigenvalue weighted by Gasteiger charge is -2.12. The first kappa shape index (κ1) is 13.9. The zero-order chi connectivity index (χ0) is 14.8. The Hall–Kier alpha value is -2.02. The zero-order valence-corrected chi connectivity index (χ0v) is 13.2. The summed E-state index contributed by atoms with van der Waals surface area (Å²) in [6, 6.07) is 17.7. The number of aromatic nitrogens is 1. The summed E-state index contributed by atoms with van der Waals surface area (Å²) in [5.74, 6) is 0. The van der Waals surface area contributed by atoms with Crippen molar-refractivity contribution in [3.8, 4) is 5.69 Å². The van der Waals surface area contributed by atoms with Crippen molar-refractivity contribution in [3.63, 3.8) is 0 Å². The van der Waals surface area contributed by atoms with E-state index in [9.17, 15) is 0 Å². The summed E-state index contributed by atoms with van der Waals surface area (Å²) < 4.78 is 2.46. The monoisotopic (exact) mass is 277 g/mol. The highest BCUT2D eigenvalue weighted by Gasteiger charge is 2.15. The third-order valence-corrected chi connectivity index (χ3v) is 4.22. The molecule has 21 heavy (non-hydrogen) atoms. The van der Waals surface area contributed by atoms with Gasteiger partial charge in [-0.2, -0.15) is 0 Å². The molecule has 0 aliphatic carbocycles. The van der Waals surface area contributed by atoms with Gasteiger partial charge in [-0.15, -0.1) is 0 Å². The molecule has 0 atom stereocenters. The van der Waals surface area contributed by atoms with Crippen molar-refractivity contribution in [1.82, 2.24) is 4.57 Å². The molecule has 0 bridgehead atoms. The Bertz CT molecular complexity index is 747. The van der Waals surface area contributed by atoms with E-state index in [2.05, 4.69) is 73.9 Å². The molecule has 3 aromatic rings. The third-order valence-electron chi connectivity index (χ3n) is 4.22. The molecule has 0 amide bonds. The van der Waals surface area contributed by atoms with Crippen molar-refractivity contribution in [2.24, 2.45) is 0 Å². The summed E-state index contributed by atoms with van der Waals surface area (Å²) in [6.45, 7) is 6.67. The largest absolute Gasteiger partial charge is 0.313 e. The molecule has 0 radical (unpaired) electrons. The van der Waals surface area contributed by atoms with E-state index >= 15 is 0 Å². The second-order valence-corrected chi connectivity index (χ2v) is 5.72. The van der Waals surface area contributed by atoms with Crippen LogP contribution in [0, 0.1) is 6.92 Å². The molecule has 3 rings (SSSR count). The first-order valence-electron chi connectivity index (χ1n) is 7.94. The zero-order valence-electron chi connectivity index (χ0n) is 13.2. The number of aryl methyl sites for hydroxylation is 2. The maximum Gasteiger partial charge on any atom is 0.0534 e. The van der Waals surface area contributed by atoms with Gasteiger partial charge in [0.15, 0.2) is 0 Å². The number of para-hydroxylation sites is 1. The highest BCUT2D eigenvalue weighted by atomic mass is 15.0. The number of rotatable bonds is 4. The van der Waals surface area contributed by atoms with Crippen LogP contribution in [-0.4, -0.2) is 4.57 Å². The topological polar surface area (TPSA) is 4.93 Å². The molecule has 2 aromatic carbocycles. The van der Waals surface area contributed by atoms with E-state index in [0.717, 1.165) is 12.8 Å². The molecular weight excluding hydrogens is 254 g/mol. The fourth-order valence-electron chi connectivity index (χ4n) is 3.24. The van der Waals surface area contributed by atoms with Crippen molar-refractivity contribution < 1.29 is 0 Å². The highest BCUT2D eigenvalue weighted by Crippen LogP contribution is 2.31. The van der Waals surface area contributed by atoms with Gasteiger partial charge in [0.25, 0.3) is 0 Å². The van der Waals surface area contributed by atoms with E-state index < -0.39 is 0 Å². The summed E-state index contributed by atoms with van der Waals surface area (Å²) >= 11 is 0. The van der Waals surface area contributed by atoms with Gasteiger partial charge in [-0.25, -0.2) is 0 Å². The standard InChI is InChI=1S/C20H23N/c1-4-8-19-17(5-2)18-9-6-7-10-20(18)21(19)16-13-11-15(3)12-14-16/h6-7,9-14H,4-5,8H2,1-3H3. The van der Waals surface area contributed by atoms with Crippen LogP contribution in [0.3, 0.4) is 0 Å². The van der Waals surface area contributed by atoms with Crippen LogP contribution in [0.4, 0.5) is 0 Å². The Balaban J connectivity index is 2.33. The molecular formula is C20H23N. The van der Waals surface area contributed by atoms with E-state index in [1.54, 1.807) is 0 Å². The second kappa shape index (κ2) is 5.77. The first-order chi connectivity index (χ1) is 10.3. The summed E-state index contributed by atoms with van der Waals surface area (Å²) in [4.78, 5) is 0. The number of hydrogen-bond acceptors (Lipinski definition) is 0. The Labute approximate surface area is 127 Å². The predicted octanol–water partition coefficient (Wildman–Crippen LogP) is 5.45. The van der Waals surface area contributed by atoms with Crippen LogP contribution >= 0.6 is 0 Å². The average molecular weight is 277 g/mol. The molecule has 0 fully saturated rings. The Morgan fingerprint density at radius 1 is 0.905 bits per heavy atom. The van der Waals surface area contributed by atoms with Gasteiger partial charge in [-0.05, 0) is 43.5 Å². The van der Waals surface area contributed by atoms with E-state index in [1.165, 1.54) is 39.8 Å². The Kier molecular flexibility index (Phi) is 3.83. The summed E-state index contributed by atoms with van der Waals surface area (Å²) in [5, 5.41) is 1.41. The van der Waals surface area contributed by atoms with Crippen LogP contribution in [0.25, 0.3) is 16.6 Å². The molecule has 0 aliphatic heterocycles. The summed E-state index contributed by atoms with van der Waals surface area (Å²) in [5.41, 5.74) is 6.91. The van der Waals surface area contributed by atoms with Gasteiger partial charge in [-0.3, -0.25) is 0 Å². The minimum atomic E-state index is 1.09. The minimum Gasteiger partial charge on any atom is -0.313 e. The van der Waals surface area contributed by atoms with Crippen LogP contribution in [-0.2, 0) is 12.8 Å². The molecule has 108 valence electrons. The molecule has 0 unspecified atom stereocenters. The minimum absolute atomic E-state index is 1.09. The van der Waals surface area contributed by atoms with E-state index in [-0.39, 0.29) is 0 Å². The molecule has 0 aliphatic rings. The van der Waals surface area contributed by atoms with Gasteiger partial charge in [0.2, 0.25) is 0 Å². The van der Waals surface area contributed by atoms with Gasteiger partial charge in [0.05, 0.1) is 5.52 Å². The van der Waals surface area contributed by atoms with E-state index in [0.29, 0.717) is 0 Å². The lowest BCUT2D eigenvalue weighted by atomic mass is 10.1. The average Bonchev–Trinajstić information content (AvgIpc) is 2.82. The lowest BCUT2D eigenvalue weighted by molar-refractivity contribution is 0.835. The Morgan fingerprint density at radius 3 is 2.29 bits per heavy atom. The molecule has 1 heteroatoms. The van der Waals surface area contributed by atoms with Crippen LogP contribution in [0.2, 0.25) is 0 Å². The smallest absolute Gasteiger partial charge is 0.0534 e. The normalized spacial score (nSPS) is 11.2. The van der Waals surface area contributed by atoms with Crippen LogP contribution in [0.15, 0.2) is 48.5 Å². The van der Waals surface area contributed by atoms with Crippen LogP contribution in [0.1, 0.15) is 37.1 Å². The molecule has 0 spiro atoms. The predicted molar refractivity (Wildman–Crippen MR) is 91.4 cm³/mol. The van der Waals surface area contributed by atoms with Crippen molar-refractivity contribution >= 4 is 10.9 Å². The quantitative estimate of drug-likeness (QED) is 0.597. The van der Waals surface area contributed by atoms with Gasteiger partial charge >= 0.3 is 0 Å². The highest BCUT2D eigenvalue weighted by molar-refractivity contribution is 5.87. The van der Waals surface area contributed by atoms with Gasteiger partial charge in [0.1, 0.15) is 0 Å². The molecule has 1 aromatic heterocycles. The van der Waals surface area contributed by atoms with Gasteiger partial charge in [0, 0.05) is 16.8 Å². The molecule has 0 saturated carbocycles. The number of nitrogens with zero attached hydrogens (tertiary/aromatic N) is 1. The number of hydrogen-bond donors (Lipinski definition) is 0. The van der Waals surface area contributed by atoms with Crippen molar-refractivity contribution in [3.05, 3.63) is 65.4 Å². The van der Waals surface area contributed by atoms with Crippen LogP contribution < -0.4 is 0 Å². The number of fused-ring (bicyclic) bond motifs is 1. The van der Waals surface area contributed by atoms with Gasteiger partial charge < -0.3 is 4.57 Å². The lowest BCUT2D eigenvalue weighted by Crippen LogP contribution is -2.02. The molecule has 0 saturated heterocycles. The SMILES string of the molecule is CCCc1c(CC)c2ccccc2n1-c1ccc(C)cc1. The van der Waals surface area contributed by atoms with Crippen molar-refractivity contribution in [2.75, 3.05) is 0 Å². The third kappa shape index (κ3) is 2.37. The Morgan fingerprint density at radius 2 is 1.62 bits per heavy atom. The van der Waals surface area contributed by atoms with Crippen molar-refractivity contribution in [1.29, 1.82) is 0 Å². The summed E-state index contributed by atoms with van der Waals surface area (Å²) in [6.07, 6.45) is 3.40. The number of benzene rings is 2.